The Hall–Kier alpha value is -1.95. The highest BCUT2D eigenvalue weighted by Gasteiger charge is 2.14. The van der Waals surface area contributed by atoms with Gasteiger partial charge in [0.2, 0.25) is 0 Å². The number of aromatic nitrogens is 2. The average molecular weight is 375 g/mol. The summed E-state index contributed by atoms with van der Waals surface area (Å²) in [6.45, 7) is 0. The number of hydrogen-bond acceptors (Lipinski definition) is 4. The van der Waals surface area contributed by atoms with Gasteiger partial charge in [-0.2, -0.15) is 0 Å². The molecule has 5 nitrogen and oxygen atoms in total. The van der Waals surface area contributed by atoms with Crippen LogP contribution in [0, 0.1) is 0 Å². The Balaban J connectivity index is 1.62. The zero-order chi connectivity index (χ0) is 16.1. The summed E-state index contributed by atoms with van der Waals surface area (Å²) < 4.78 is 0.830. The van der Waals surface area contributed by atoms with E-state index in [-0.39, 0.29) is 5.91 Å². The average Bonchev–Trinajstić information content (AvgIpc) is 2.58. The highest BCUT2D eigenvalue weighted by molar-refractivity contribution is 9.10. The number of carbonyl (C=O) groups is 1. The van der Waals surface area contributed by atoms with Gasteiger partial charge >= 0.3 is 0 Å². The van der Waals surface area contributed by atoms with Crippen LogP contribution in [0.15, 0.2) is 40.9 Å². The van der Waals surface area contributed by atoms with Gasteiger partial charge in [0.05, 0.1) is 5.69 Å². The van der Waals surface area contributed by atoms with Crippen molar-refractivity contribution in [2.75, 3.05) is 10.6 Å². The summed E-state index contributed by atoms with van der Waals surface area (Å²) in [5, 5.41) is 14.4. The largest absolute Gasteiger partial charge is 0.366 e. The Morgan fingerprint density at radius 3 is 2.52 bits per heavy atom. The van der Waals surface area contributed by atoms with Gasteiger partial charge < -0.3 is 10.6 Å². The van der Waals surface area contributed by atoms with E-state index in [2.05, 4.69) is 36.8 Å². The summed E-state index contributed by atoms with van der Waals surface area (Å²) in [6.07, 6.45) is 6.19. The minimum Gasteiger partial charge on any atom is -0.366 e. The minimum absolute atomic E-state index is 0.270. The lowest BCUT2D eigenvalue weighted by atomic mass is 9.95. The van der Waals surface area contributed by atoms with Gasteiger partial charge in [-0.15, -0.1) is 10.2 Å². The molecule has 0 radical (unpaired) electrons. The molecule has 1 aromatic carbocycles. The van der Waals surface area contributed by atoms with Gasteiger partial charge in [-0.05, 0) is 53.0 Å². The van der Waals surface area contributed by atoms with E-state index in [1.54, 1.807) is 6.07 Å². The monoisotopic (exact) mass is 374 g/mol. The number of hydrogen-bond donors (Lipinski definition) is 2. The topological polar surface area (TPSA) is 66.9 Å². The number of carbonyl (C=O) groups excluding carboxylic acids is 1. The first-order chi connectivity index (χ1) is 11.2. The van der Waals surface area contributed by atoms with E-state index in [9.17, 15) is 4.79 Å². The smallest absolute Gasteiger partial charge is 0.276 e. The summed E-state index contributed by atoms with van der Waals surface area (Å²) in [6, 6.07) is 11.4. The first-order valence-electron chi connectivity index (χ1n) is 7.88. The Morgan fingerprint density at radius 2 is 1.83 bits per heavy atom. The van der Waals surface area contributed by atoms with Gasteiger partial charge in [0.25, 0.3) is 5.91 Å². The molecule has 3 rings (SSSR count). The van der Waals surface area contributed by atoms with Gasteiger partial charge in [-0.3, -0.25) is 4.79 Å². The quantitative estimate of drug-likeness (QED) is 0.839. The summed E-state index contributed by atoms with van der Waals surface area (Å²) in [5.41, 5.74) is 1.01. The van der Waals surface area contributed by atoms with Gasteiger partial charge in [-0.25, -0.2) is 0 Å². The molecule has 0 saturated heterocycles. The maximum absolute atomic E-state index is 12.2. The van der Waals surface area contributed by atoms with E-state index in [0.717, 1.165) is 10.3 Å². The zero-order valence-corrected chi connectivity index (χ0v) is 14.3. The molecule has 0 atom stereocenters. The standard InChI is InChI=1S/C17H19BrN4O/c18-13-8-4-5-9-14(13)20-17(23)15-10-11-16(22-21-15)19-12-6-2-1-3-7-12/h4-5,8-12H,1-3,6-7H2,(H,19,22)(H,20,23). The maximum Gasteiger partial charge on any atom is 0.276 e. The molecule has 1 amide bonds. The molecule has 2 aromatic rings. The number of halogens is 1. The number of rotatable bonds is 4. The highest BCUT2D eigenvalue weighted by atomic mass is 79.9. The third kappa shape index (κ3) is 4.28. The Kier molecular flexibility index (Phi) is 5.23. The molecule has 2 N–H and O–H groups in total. The van der Waals surface area contributed by atoms with Gasteiger partial charge in [0.1, 0.15) is 5.82 Å². The lowest BCUT2D eigenvalue weighted by Crippen LogP contribution is -2.23. The lowest BCUT2D eigenvalue weighted by Gasteiger charge is -2.22. The molecule has 0 unspecified atom stereocenters. The molecule has 1 aliphatic carbocycles. The predicted molar refractivity (Wildman–Crippen MR) is 94.6 cm³/mol. The molecule has 0 bridgehead atoms. The second-order valence-electron chi connectivity index (χ2n) is 5.72. The van der Waals surface area contributed by atoms with E-state index in [1.165, 1.54) is 32.1 Å². The summed E-state index contributed by atoms with van der Waals surface area (Å²) >= 11 is 3.40. The lowest BCUT2D eigenvalue weighted by molar-refractivity contribution is 0.102. The fourth-order valence-electron chi connectivity index (χ4n) is 2.74. The third-order valence-electron chi connectivity index (χ3n) is 3.98. The van der Waals surface area contributed by atoms with Crippen LogP contribution in [0.25, 0.3) is 0 Å². The van der Waals surface area contributed by atoms with Crippen LogP contribution in [-0.4, -0.2) is 22.1 Å². The van der Waals surface area contributed by atoms with Crippen LogP contribution in [0.3, 0.4) is 0 Å². The number of amides is 1. The van der Waals surface area contributed by atoms with Crippen molar-refractivity contribution in [2.24, 2.45) is 0 Å². The molecule has 1 heterocycles. The van der Waals surface area contributed by atoms with Crippen molar-refractivity contribution in [3.63, 3.8) is 0 Å². The molecule has 1 aromatic heterocycles. The van der Waals surface area contributed by atoms with Gasteiger partial charge in [0.15, 0.2) is 5.69 Å². The molecule has 1 saturated carbocycles. The SMILES string of the molecule is O=C(Nc1ccccc1Br)c1ccc(NC2CCCCC2)nn1. The molecule has 120 valence electrons. The van der Waals surface area contributed by atoms with Gasteiger partial charge in [-0.1, -0.05) is 31.4 Å². The van der Waals surface area contributed by atoms with Crippen molar-refractivity contribution in [2.45, 2.75) is 38.1 Å². The molecule has 23 heavy (non-hydrogen) atoms. The fourth-order valence-corrected chi connectivity index (χ4v) is 3.12. The first kappa shape index (κ1) is 15.9. The van der Waals surface area contributed by atoms with Gasteiger partial charge in [0, 0.05) is 10.5 Å². The highest BCUT2D eigenvalue weighted by Crippen LogP contribution is 2.22. The van der Waals surface area contributed by atoms with Crippen molar-refractivity contribution in [1.82, 2.24) is 10.2 Å². The van der Waals surface area contributed by atoms with E-state index < -0.39 is 0 Å². The normalized spacial score (nSPS) is 15.2. The Labute approximate surface area is 144 Å². The number of nitrogens with one attached hydrogen (secondary N) is 2. The number of nitrogens with zero attached hydrogens (tertiary/aromatic N) is 2. The van der Waals surface area contributed by atoms with Crippen molar-refractivity contribution in [1.29, 1.82) is 0 Å². The van der Waals surface area contributed by atoms with Crippen LogP contribution in [0.4, 0.5) is 11.5 Å². The Morgan fingerprint density at radius 1 is 1.04 bits per heavy atom. The van der Waals surface area contributed by atoms with E-state index >= 15 is 0 Å². The minimum atomic E-state index is -0.270. The van der Waals surface area contributed by atoms with Crippen LogP contribution in [-0.2, 0) is 0 Å². The third-order valence-corrected chi connectivity index (χ3v) is 4.67. The van der Waals surface area contributed by atoms with E-state index in [4.69, 9.17) is 0 Å². The fraction of sp³-hybridized carbons (Fsp3) is 0.353. The first-order valence-corrected chi connectivity index (χ1v) is 8.68. The molecule has 0 aliphatic heterocycles. The number of anilines is 2. The predicted octanol–water partition coefficient (Wildman–Crippen LogP) is 4.24. The summed E-state index contributed by atoms with van der Waals surface area (Å²) in [4.78, 5) is 12.2. The Bertz CT molecular complexity index is 669. The van der Waals surface area contributed by atoms with Crippen molar-refractivity contribution >= 4 is 33.3 Å². The number of para-hydroxylation sites is 1. The van der Waals surface area contributed by atoms with Crippen LogP contribution in [0.5, 0.6) is 0 Å². The molecule has 0 spiro atoms. The maximum atomic E-state index is 12.2. The molecule has 1 fully saturated rings. The molecular formula is C17H19BrN4O. The second-order valence-corrected chi connectivity index (χ2v) is 6.57. The van der Waals surface area contributed by atoms with Crippen molar-refractivity contribution in [3.05, 3.63) is 46.6 Å². The van der Waals surface area contributed by atoms with Crippen LogP contribution in [0.1, 0.15) is 42.6 Å². The van der Waals surface area contributed by atoms with Crippen LogP contribution in [0.2, 0.25) is 0 Å². The van der Waals surface area contributed by atoms with Crippen molar-refractivity contribution in [3.8, 4) is 0 Å². The number of benzene rings is 1. The van der Waals surface area contributed by atoms with Crippen LogP contribution >= 0.6 is 15.9 Å². The van der Waals surface area contributed by atoms with E-state index in [1.807, 2.05) is 30.3 Å². The second kappa shape index (κ2) is 7.55. The molecule has 6 heteroatoms. The zero-order valence-electron chi connectivity index (χ0n) is 12.8. The summed E-state index contributed by atoms with van der Waals surface area (Å²) in [7, 11) is 0. The molecular weight excluding hydrogens is 356 g/mol. The molecule has 1 aliphatic rings. The van der Waals surface area contributed by atoms with Crippen molar-refractivity contribution < 1.29 is 4.79 Å². The summed E-state index contributed by atoms with van der Waals surface area (Å²) in [5.74, 6) is 0.461. The van der Waals surface area contributed by atoms with E-state index in [0.29, 0.717) is 17.4 Å². The van der Waals surface area contributed by atoms with Crippen LogP contribution < -0.4 is 10.6 Å².